The van der Waals surface area contributed by atoms with E-state index in [0.717, 1.165) is 19.0 Å². The van der Waals surface area contributed by atoms with Crippen LogP contribution in [0, 0.1) is 11.8 Å². The fourth-order valence-corrected chi connectivity index (χ4v) is 5.99. The Kier molecular flexibility index (Phi) is 9.40. The number of hydrogen-bond acceptors (Lipinski definition) is 3. The van der Waals surface area contributed by atoms with E-state index in [0.29, 0.717) is 18.0 Å². The highest BCUT2D eigenvalue weighted by Crippen LogP contribution is 2.29. The Bertz CT molecular complexity index is 785. The van der Waals surface area contributed by atoms with Crippen LogP contribution in [0.1, 0.15) is 57.1 Å². The average molecular weight is 448 g/mol. The molecule has 3 heteroatoms. The third-order valence-electron chi connectivity index (χ3n) is 8.01. The van der Waals surface area contributed by atoms with E-state index in [2.05, 4.69) is 89.6 Å². The maximum atomic E-state index is 3.76. The molecular weight excluding hydrogens is 402 g/mol. The standard InChI is InChI=1S/C30H45N3/c1-25(2)30(23-31-22-28-15-7-4-8-16-28)33-20-19-32(18-17-26-11-9-10-12-26)29(24-33)21-27-13-5-3-6-14-27/h3-8,13-16,25-26,29-31H,9-12,17-24H2,1-2H3/t29-,30-/m0/s1. The van der Waals surface area contributed by atoms with E-state index in [-0.39, 0.29) is 0 Å². The summed E-state index contributed by atoms with van der Waals surface area (Å²) in [5.41, 5.74) is 2.86. The Balaban J connectivity index is 1.37. The third kappa shape index (κ3) is 7.40. The minimum absolute atomic E-state index is 0.587. The third-order valence-corrected chi connectivity index (χ3v) is 8.01. The molecule has 4 rings (SSSR count). The van der Waals surface area contributed by atoms with Gasteiger partial charge in [-0.2, -0.15) is 0 Å². The normalized spacial score (nSPS) is 21.6. The van der Waals surface area contributed by atoms with Crippen molar-refractivity contribution in [1.29, 1.82) is 0 Å². The first-order chi connectivity index (χ1) is 16.2. The van der Waals surface area contributed by atoms with Gasteiger partial charge in [-0.15, -0.1) is 0 Å². The fourth-order valence-electron chi connectivity index (χ4n) is 5.99. The summed E-state index contributed by atoms with van der Waals surface area (Å²) in [4.78, 5) is 5.62. The highest BCUT2D eigenvalue weighted by Gasteiger charge is 2.32. The maximum absolute atomic E-state index is 3.76. The Morgan fingerprint density at radius 2 is 1.55 bits per heavy atom. The van der Waals surface area contributed by atoms with Gasteiger partial charge in [0, 0.05) is 44.8 Å². The molecule has 33 heavy (non-hydrogen) atoms. The number of hydrogen-bond donors (Lipinski definition) is 1. The van der Waals surface area contributed by atoms with Gasteiger partial charge in [-0.1, -0.05) is 100 Å². The van der Waals surface area contributed by atoms with Crippen LogP contribution < -0.4 is 5.32 Å². The summed E-state index contributed by atoms with van der Waals surface area (Å²) in [6, 6.07) is 23.2. The van der Waals surface area contributed by atoms with Crippen LogP contribution in [0.4, 0.5) is 0 Å². The number of benzene rings is 2. The van der Waals surface area contributed by atoms with Crippen molar-refractivity contribution >= 4 is 0 Å². The van der Waals surface area contributed by atoms with Crippen molar-refractivity contribution in [2.24, 2.45) is 11.8 Å². The minimum Gasteiger partial charge on any atom is -0.311 e. The molecule has 1 N–H and O–H groups in total. The van der Waals surface area contributed by atoms with E-state index in [4.69, 9.17) is 0 Å². The summed E-state index contributed by atoms with van der Waals surface area (Å²) in [7, 11) is 0. The molecule has 2 aliphatic rings. The highest BCUT2D eigenvalue weighted by molar-refractivity contribution is 5.17. The van der Waals surface area contributed by atoms with E-state index < -0.39 is 0 Å². The van der Waals surface area contributed by atoms with Crippen LogP contribution in [0.5, 0.6) is 0 Å². The zero-order chi connectivity index (χ0) is 22.9. The van der Waals surface area contributed by atoms with Gasteiger partial charge in [-0.05, 0) is 42.3 Å². The van der Waals surface area contributed by atoms with Gasteiger partial charge in [0.05, 0.1) is 0 Å². The van der Waals surface area contributed by atoms with E-state index in [1.165, 1.54) is 75.8 Å². The molecule has 1 aliphatic heterocycles. The molecule has 1 aliphatic carbocycles. The molecular formula is C30H45N3. The predicted octanol–water partition coefficient (Wildman–Crippen LogP) is 5.61. The molecule has 2 aromatic rings. The second-order valence-corrected chi connectivity index (χ2v) is 10.7. The van der Waals surface area contributed by atoms with Crippen LogP contribution in [0.15, 0.2) is 60.7 Å². The molecule has 180 valence electrons. The van der Waals surface area contributed by atoms with Gasteiger partial charge in [0.25, 0.3) is 0 Å². The van der Waals surface area contributed by atoms with Crippen molar-refractivity contribution in [2.75, 3.05) is 32.7 Å². The van der Waals surface area contributed by atoms with Crippen molar-refractivity contribution in [2.45, 2.75) is 71.0 Å². The topological polar surface area (TPSA) is 18.5 Å². The first-order valence-corrected chi connectivity index (χ1v) is 13.5. The van der Waals surface area contributed by atoms with Crippen molar-refractivity contribution in [1.82, 2.24) is 15.1 Å². The Hall–Kier alpha value is -1.68. The summed E-state index contributed by atoms with van der Waals surface area (Å²) < 4.78 is 0. The second-order valence-electron chi connectivity index (χ2n) is 10.7. The molecule has 1 saturated carbocycles. The SMILES string of the molecule is CC(C)[C@H](CNCc1ccccc1)N1CCN(CCC2CCCC2)[C@@H](Cc2ccccc2)C1. The predicted molar refractivity (Wildman–Crippen MR) is 140 cm³/mol. The van der Waals surface area contributed by atoms with Crippen LogP contribution in [0.2, 0.25) is 0 Å². The van der Waals surface area contributed by atoms with Gasteiger partial charge in [0.1, 0.15) is 0 Å². The molecule has 2 aromatic carbocycles. The summed E-state index contributed by atoms with van der Waals surface area (Å²) in [5, 5.41) is 3.76. The second kappa shape index (κ2) is 12.7. The first-order valence-electron chi connectivity index (χ1n) is 13.5. The van der Waals surface area contributed by atoms with E-state index in [1.54, 1.807) is 0 Å². The van der Waals surface area contributed by atoms with Crippen molar-refractivity contribution in [3.8, 4) is 0 Å². The van der Waals surface area contributed by atoms with Crippen molar-refractivity contribution < 1.29 is 0 Å². The highest BCUT2D eigenvalue weighted by atomic mass is 15.3. The van der Waals surface area contributed by atoms with Crippen LogP contribution in [0.3, 0.4) is 0 Å². The Morgan fingerprint density at radius 1 is 0.879 bits per heavy atom. The quantitative estimate of drug-likeness (QED) is 0.483. The van der Waals surface area contributed by atoms with Gasteiger partial charge in [0.15, 0.2) is 0 Å². The van der Waals surface area contributed by atoms with Crippen LogP contribution in [0.25, 0.3) is 0 Å². The van der Waals surface area contributed by atoms with Gasteiger partial charge in [-0.25, -0.2) is 0 Å². The largest absolute Gasteiger partial charge is 0.311 e. The average Bonchev–Trinajstić information content (AvgIpc) is 3.36. The van der Waals surface area contributed by atoms with Crippen LogP contribution >= 0.6 is 0 Å². The zero-order valence-electron chi connectivity index (χ0n) is 21.0. The summed E-state index contributed by atoms with van der Waals surface area (Å²) >= 11 is 0. The molecule has 0 radical (unpaired) electrons. The smallest absolute Gasteiger partial charge is 0.0264 e. The van der Waals surface area contributed by atoms with Crippen molar-refractivity contribution in [3.63, 3.8) is 0 Å². The Labute approximate surface area is 202 Å². The van der Waals surface area contributed by atoms with E-state index in [1.807, 2.05) is 0 Å². The number of nitrogens with zero attached hydrogens (tertiary/aromatic N) is 2. The molecule has 0 unspecified atom stereocenters. The number of rotatable bonds is 11. The van der Waals surface area contributed by atoms with Gasteiger partial charge >= 0.3 is 0 Å². The lowest BCUT2D eigenvalue weighted by Crippen LogP contribution is -2.59. The minimum atomic E-state index is 0.587. The van der Waals surface area contributed by atoms with E-state index >= 15 is 0 Å². The maximum Gasteiger partial charge on any atom is 0.0264 e. The molecule has 2 fully saturated rings. The first kappa shape index (κ1) is 24.4. The molecule has 1 saturated heterocycles. The summed E-state index contributed by atoms with van der Waals surface area (Å²) in [6.07, 6.45) is 8.41. The molecule has 0 bridgehead atoms. The Morgan fingerprint density at radius 3 is 2.21 bits per heavy atom. The lowest BCUT2D eigenvalue weighted by Gasteiger charge is -2.46. The fraction of sp³-hybridized carbons (Fsp3) is 0.600. The van der Waals surface area contributed by atoms with E-state index in [9.17, 15) is 0 Å². The monoisotopic (exact) mass is 447 g/mol. The number of piperazine rings is 1. The summed E-state index contributed by atoms with van der Waals surface area (Å²) in [5.74, 6) is 1.63. The molecule has 0 spiro atoms. The van der Waals surface area contributed by atoms with Crippen LogP contribution in [-0.2, 0) is 13.0 Å². The number of nitrogens with one attached hydrogen (secondary N) is 1. The lowest BCUT2D eigenvalue weighted by atomic mass is 9.96. The molecule has 0 aromatic heterocycles. The van der Waals surface area contributed by atoms with Gasteiger partial charge in [0.2, 0.25) is 0 Å². The van der Waals surface area contributed by atoms with Crippen molar-refractivity contribution in [3.05, 3.63) is 71.8 Å². The molecule has 1 heterocycles. The lowest BCUT2D eigenvalue weighted by molar-refractivity contribution is 0.0312. The summed E-state index contributed by atoms with van der Waals surface area (Å²) in [6.45, 7) is 11.7. The van der Waals surface area contributed by atoms with Gasteiger partial charge in [-0.3, -0.25) is 9.80 Å². The molecule has 0 amide bonds. The van der Waals surface area contributed by atoms with Gasteiger partial charge < -0.3 is 5.32 Å². The molecule has 2 atom stereocenters. The van der Waals surface area contributed by atoms with Crippen LogP contribution in [-0.4, -0.2) is 54.6 Å². The molecule has 3 nitrogen and oxygen atoms in total. The zero-order valence-corrected chi connectivity index (χ0v) is 21.0.